The first-order valence-electron chi connectivity index (χ1n) is 10.3. The number of ether oxygens (including phenoxy) is 1. The summed E-state index contributed by atoms with van der Waals surface area (Å²) in [4.78, 5) is 11.9. The molecule has 2 aliphatic carbocycles. The van der Waals surface area contributed by atoms with E-state index in [1.54, 1.807) is 0 Å². The molecule has 1 aromatic rings. The van der Waals surface area contributed by atoms with E-state index in [4.69, 9.17) is 8.92 Å². The van der Waals surface area contributed by atoms with E-state index >= 15 is 0 Å². The number of carbonyl (C=O) groups is 1. The molecule has 0 spiro atoms. The van der Waals surface area contributed by atoms with Crippen molar-refractivity contribution < 1.29 is 35.3 Å². The summed E-state index contributed by atoms with van der Waals surface area (Å²) in [5.41, 5.74) is -3.65. The van der Waals surface area contributed by atoms with Gasteiger partial charge >= 0.3 is 21.6 Å². The minimum absolute atomic E-state index is 0.0438. The third-order valence-corrected chi connectivity index (χ3v) is 7.22. The monoisotopic (exact) mass is 460 g/mol. The van der Waals surface area contributed by atoms with Gasteiger partial charge in [-0.05, 0) is 79.5 Å². The topological polar surface area (TPSA) is 69.7 Å². The molecule has 0 amide bonds. The van der Waals surface area contributed by atoms with E-state index in [0.29, 0.717) is 30.4 Å². The molecule has 172 valence electrons. The number of rotatable bonds is 4. The van der Waals surface area contributed by atoms with Gasteiger partial charge in [0.2, 0.25) is 0 Å². The molecule has 0 radical (unpaired) electrons. The van der Waals surface area contributed by atoms with Gasteiger partial charge in [0.1, 0.15) is 5.76 Å². The van der Waals surface area contributed by atoms with Gasteiger partial charge in [-0.2, -0.15) is 21.6 Å². The molecule has 2 aliphatic rings. The van der Waals surface area contributed by atoms with E-state index in [1.807, 2.05) is 0 Å². The lowest BCUT2D eigenvalue weighted by molar-refractivity contribution is -0.0509. The van der Waals surface area contributed by atoms with E-state index in [9.17, 15) is 26.4 Å². The molecular weight excluding hydrogens is 433 g/mol. The summed E-state index contributed by atoms with van der Waals surface area (Å²) in [5, 5.41) is 0. The van der Waals surface area contributed by atoms with Crippen molar-refractivity contribution in [2.75, 3.05) is 7.11 Å². The number of halogens is 3. The molecule has 0 heterocycles. The maximum atomic E-state index is 13.2. The van der Waals surface area contributed by atoms with Crippen LogP contribution in [0, 0.1) is 11.3 Å². The van der Waals surface area contributed by atoms with Crippen LogP contribution in [0.5, 0.6) is 0 Å². The van der Waals surface area contributed by atoms with Crippen LogP contribution in [0.15, 0.2) is 23.8 Å². The number of allylic oxidation sites excluding steroid dienone is 1. The molecule has 9 heteroatoms. The Kier molecular flexibility index (Phi) is 6.47. The van der Waals surface area contributed by atoms with Gasteiger partial charge in [-0.3, -0.25) is 0 Å². The zero-order valence-electron chi connectivity index (χ0n) is 17.8. The maximum absolute atomic E-state index is 13.2. The van der Waals surface area contributed by atoms with Crippen molar-refractivity contribution in [1.82, 2.24) is 0 Å². The number of alkyl halides is 3. The van der Waals surface area contributed by atoms with Crippen LogP contribution in [-0.2, 0) is 25.5 Å². The Labute approximate surface area is 180 Å². The number of methoxy groups -OCH3 is 1. The molecule has 1 fully saturated rings. The number of fused-ring (bicyclic) bond motifs is 1. The lowest BCUT2D eigenvalue weighted by atomic mass is 9.70. The van der Waals surface area contributed by atoms with Crippen LogP contribution in [0.3, 0.4) is 0 Å². The second-order valence-corrected chi connectivity index (χ2v) is 10.5. The highest BCUT2D eigenvalue weighted by atomic mass is 32.2. The van der Waals surface area contributed by atoms with E-state index in [1.165, 1.54) is 25.3 Å². The average Bonchev–Trinajstić information content (AvgIpc) is 2.85. The van der Waals surface area contributed by atoms with E-state index < -0.39 is 21.6 Å². The Morgan fingerprint density at radius 3 is 2.35 bits per heavy atom. The third-order valence-electron chi connectivity index (χ3n) is 6.26. The molecule has 0 aromatic heterocycles. The van der Waals surface area contributed by atoms with Crippen LogP contribution in [-0.4, -0.2) is 27.0 Å². The molecular formula is C22H27F3O5S. The smallest absolute Gasteiger partial charge is 0.465 e. The third kappa shape index (κ3) is 5.07. The van der Waals surface area contributed by atoms with Crippen molar-refractivity contribution >= 4 is 21.8 Å². The number of carbonyl (C=O) groups excluding carboxylic acids is 1. The highest BCUT2D eigenvalue weighted by molar-refractivity contribution is 7.87. The fraction of sp³-hybridized carbons (Fsp3) is 0.591. The minimum Gasteiger partial charge on any atom is -0.465 e. The summed E-state index contributed by atoms with van der Waals surface area (Å²) < 4.78 is 72.9. The second-order valence-electron chi connectivity index (χ2n) is 8.99. The van der Waals surface area contributed by atoms with Crippen LogP contribution in [0.4, 0.5) is 13.2 Å². The van der Waals surface area contributed by atoms with Gasteiger partial charge in [-0.25, -0.2) is 4.79 Å². The summed E-state index contributed by atoms with van der Waals surface area (Å²) in [6.45, 7) is 4.31. The Morgan fingerprint density at radius 1 is 1.13 bits per heavy atom. The lowest BCUT2D eigenvalue weighted by Crippen LogP contribution is -2.27. The summed E-state index contributed by atoms with van der Waals surface area (Å²) in [7, 11) is -4.59. The first-order valence-corrected chi connectivity index (χ1v) is 11.7. The molecule has 5 nitrogen and oxygen atoms in total. The quantitative estimate of drug-likeness (QED) is 0.332. The van der Waals surface area contributed by atoms with Gasteiger partial charge in [0.15, 0.2) is 0 Å². The molecule has 1 saturated carbocycles. The highest BCUT2D eigenvalue weighted by Crippen LogP contribution is 2.46. The minimum atomic E-state index is -5.83. The summed E-state index contributed by atoms with van der Waals surface area (Å²) in [6, 6.07) is 4.42. The number of benzene rings is 1. The lowest BCUT2D eigenvalue weighted by Gasteiger charge is -2.36. The molecule has 0 N–H and O–H groups in total. The molecule has 0 atom stereocenters. The van der Waals surface area contributed by atoms with Crippen molar-refractivity contribution in [3.05, 3.63) is 40.5 Å². The van der Waals surface area contributed by atoms with Gasteiger partial charge in [0, 0.05) is 5.56 Å². The zero-order valence-corrected chi connectivity index (χ0v) is 18.7. The Hall–Kier alpha value is -2.03. The Bertz CT molecular complexity index is 983. The van der Waals surface area contributed by atoms with Gasteiger partial charge in [0.05, 0.1) is 12.7 Å². The SMILES string of the molecule is COC(=O)c1ccc2c(c1)CCCC(C1CCC(C)(C)CC1)=C2OS(=O)(=O)C(F)(F)F. The van der Waals surface area contributed by atoms with Crippen LogP contribution in [0.2, 0.25) is 0 Å². The molecule has 0 aliphatic heterocycles. The van der Waals surface area contributed by atoms with Gasteiger partial charge in [-0.1, -0.05) is 19.9 Å². The van der Waals surface area contributed by atoms with E-state index in [0.717, 1.165) is 25.7 Å². The fourth-order valence-electron chi connectivity index (χ4n) is 4.42. The van der Waals surface area contributed by atoms with Crippen molar-refractivity contribution in [3.8, 4) is 0 Å². The van der Waals surface area contributed by atoms with Crippen molar-refractivity contribution in [1.29, 1.82) is 0 Å². The number of esters is 1. The van der Waals surface area contributed by atoms with Crippen LogP contribution in [0.1, 0.15) is 73.9 Å². The van der Waals surface area contributed by atoms with Gasteiger partial charge in [-0.15, -0.1) is 0 Å². The molecule has 31 heavy (non-hydrogen) atoms. The summed E-state index contributed by atoms with van der Waals surface area (Å²) in [5.74, 6) is -0.847. The van der Waals surface area contributed by atoms with E-state index in [-0.39, 0.29) is 28.2 Å². The largest absolute Gasteiger partial charge is 0.534 e. The standard InChI is InChI=1S/C22H27F3O5S/c1-21(2)11-9-14(10-12-21)17-6-4-5-15-13-16(20(26)29-3)7-8-18(15)19(17)30-31(27,28)22(23,24)25/h7-8,13-14H,4-6,9-12H2,1-3H3. The Balaban J connectivity index is 2.12. The summed E-state index contributed by atoms with van der Waals surface area (Å²) in [6.07, 6.45) is 4.86. The Morgan fingerprint density at radius 2 is 1.77 bits per heavy atom. The second kappa shape index (κ2) is 8.48. The van der Waals surface area contributed by atoms with Crippen LogP contribution < -0.4 is 0 Å². The highest BCUT2D eigenvalue weighted by Gasteiger charge is 2.49. The fourth-order valence-corrected chi connectivity index (χ4v) is 4.93. The van der Waals surface area contributed by atoms with Gasteiger partial charge < -0.3 is 8.92 Å². The molecule has 0 unspecified atom stereocenters. The number of hydrogen-bond acceptors (Lipinski definition) is 5. The zero-order chi connectivity index (χ0) is 23.0. The van der Waals surface area contributed by atoms with Gasteiger partial charge in [0.25, 0.3) is 0 Å². The van der Waals surface area contributed by atoms with Crippen LogP contribution >= 0.6 is 0 Å². The first kappa shape index (κ1) is 23.6. The van der Waals surface area contributed by atoms with E-state index in [2.05, 4.69) is 13.8 Å². The first-order chi connectivity index (χ1) is 14.3. The molecule has 0 saturated heterocycles. The van der Waals surface area contributed by atoms with Crippen molar-refractivity contribution in [2.45, 2.75) is 64.3 Å². The maximum Gasteiger partial charge on any atom is 0.534 e. The van der Waals surface area contributed by atoms with Crippen molar-refractivity contribution in [3.63, 3.8) is 0 Å². The number of aryl methyl sites for hydroxylation is 1. The molecule has 3 rings (SSSR count). The average molecular weight is 461 g/mol. The summed E-state index contributed by atoms with van der Waals surface area (Å²) >= 11 is 0. The normalized spacial score (nSPS) is 20.1. The molecule has 1 aromatic carbocycles. The van der Waals surface area contributed by atoms with Crippen LogP contribution in [0.25, 0.3) is 5.76 Å². The predicted molar refractivity (Wildman–Crippen MR) is 109 cm³/mol. The molecule has 0 bridgehead atoms. The van der Waals surface area contributed by atoms with Crippen molar-refractivity contribution in [2.24, 2.45) is 11.3 Å². The predicted octanol–water partition coefficient (Wildman–Crippen LogP) is 5.60. The number of hydrogen-bond donors (Lipinski definition) is 0.